The predicted molar refractivity (Wildman–Crippen MR) is 136 cm³/mol. The number of azide groups is 1. The van der Waals surface area contributed by atoms with Crippen molar-refractivity contribution < 1.29 is 23.4 Å². The molecule has 36 heavy (non-hydrogen) atoms. The maximum atomic E-state index is 13.3. The summed E-state index contributed by atoms with van der Waals surface area (Å²) in [6, 6.07) is -0.562. The number of carbonyl (C=O) groups is 1. The van der Waals surface area contributed by atoms with Gasteiger partial charge in [-0.05, 0) is 50.4 Å². The molecule has 4 atom stereocenters. The van der Waals surface area contributed by atoms with E-state index in [0.717, 1.165) is 4.57 Å². The first-order valence-corrected chi connectivity index (χ1v) is 15.1. The number of rotatable bonds is 10. The van der Waals surface area contributed by atoms with Crippen molar-refractivity contribution >= 4 is 14.5 Å². The molecule has 0 aliphatic carbocycles. The number of ether oxygens (including phenoxy) is 3. The highest BCUT2D eigenvalue weighted by atomic mass is 28.4. The van der Waals surface area contributed by atoms with Gasteiger partial charge >= 0.3 is 11.8 Å². The zero-order chi connectivity index (χ0) is 27.4. The Kier molecular flexibility index (Phi) is 9.57. The number of aromatic nitrogens is 2. The van der Waals surface area contributed by atoms with Gasteiger partial charge in [-0.25, -0.2) is 14.2 Å². The van der Waals surface area contributed by atoms with Crippen molar-refractivity contribution in [3.05, 3.63) is 43.0 Å². The van der Waals surface area contributed by atoms with Crippen LogP contribution in [0.5, 0.6) is 0 Å². The third kappa shape index (κ3) is 6.20. The second kappa shape index (κ2) is 11.6. The summed E-state index contributed by atoms with van der Waals surface area (Å²) in [6.07, 6.45) is -1.93. The highest BCUT2D eigenvalue weighted by molar-refractivity contribution is 6.74. The number of aryl methyl sites for hydroxylation is 1. The molecule has 1 aliphatic heterocycles. The van der Waals surface area contributed by atoms with Crippen LogP contribution in [-0.4, -0.2) is 49.0 Å². The lowest BCUT2D eigenvalue weighted by Gasteiger charge is -2.43. The van der Waals surface area contributed by atoms with Crippen LogP contribution < -0.4 is 11.2 Å². The van der Waals surface area contributed by atoms with Crippen molar-refractivity contribution in [1.82, 2.24) is 9.13 Å². The van der Waals surface area contributed by atoms with E-state index in [1.165, 1.54) is 17.7 Å². The highest BCUT2D eigenvalue weighted by Gasteiger charge is 2.45. The maximum absolute atomic E-state index is 13.3. The first-order chi connectivity index (χ1) is 16.7. The molecule has 12 nitrogen and oxygen atoms in total. The molecule has 1 unspecified atom stereocenters. The van der Waals surface area contributed by atoms with E-state index in [9.17, 15) is 14.4 Å². The monoisotopic (exact) mass is 525 g/mol. The lowest BCUT2D eigenvalue weighted by atomic mass is 9.99. The minimum atomic E-state index is -2.18. The van der Waals surface area contributed by atoms with Crippen molar-refractivity contribution in [1.29, 1.82) is 0 Å². The van der Waals surface area contributed by atoms with Crippen LogP contribution in [-0.2, 0) is 18.6 Å². The SMILES string of the molecule is CCOC(=O)OC(C)n1c(=O)c(C)cn([C@H]2C[C@H](N=[N+]=[N-])[C@@H](CO[Si](C)(C)C(C)(C)C(C)C)O2)c1=O. The Balaban J connectivity index is 2.35. The predicted octanol–water partition coefficient (Wildman–Crippen LogP) is 4.63. The van der Waals surface area contributed by atoms with Crippen molar-refractivity contribution in [2.24, 2.45) is 11.0 Å². The van der Waals surface area contributed by atoms with Gasteiger partial charge in [-0.15, -0.1) is 0 Å². The van der Waals surface area contributed by atoms with E-state index < -0.39 is 50.3 Å². The molecule has 0 spiro atoms. The summed E-state index contributed by atoms with van der Waals surface area (Å²) < 4.78 is 24.5. The molecule has 0 N–H and O–H groups in total. The summed E-state index contributed by atoms with van der Waals surface area (Å²) >= 11 is 0. The van der Waals surface area contributed by atoms with Crippen LogP contribution in [0, 0.1) is 12.8 Å². The molecule has 0 aromatic carbocycles. The molecule has 1 aromatic heterocycles. The Labute approximate surface area is 212 Å². The van der Waals surface area contributed by atoms with E-state index in [1.54, 1.807) is 13.8 Å². The fourth-order valence-corrected chi connectivity index (χ4v) is 6.33. The summed E-state index contributed by atoms with van der Waals surface area (Å²) in [5, 5.41) is 3.87. The Bertz CT molecular complexity index is 1110. The van der Waals surface area contributed by atoms with Gasteiger partial charge in [0.1, 0.15) is 6.23 Å². The van der Waals surface area contributed by atoms with Crippen molar-refractivity contribution in [3.63, 3.8) is 0 Å². The van der Waals surface area contributed by atoms with Crippen molar-refractivity contribution in [3.8, 4) is 0 Å². The van der Waals surface area contributed by atoms with Crippen molar-refractivity contribution in [2.45, 2.75) is 97.6 Å². The standard InChI is InChI=1S/C23H39N5O7Si/c1-10-32-22(31)34-16(5)28-20(29)15(4)12-27(21(28)30)19-11-17(25-26-24)18(35-19)13-33-36(8,9)23(6,7)14(2)3/h12,14,16-19H,10-11,13H2,1-9H3/t16?,17-,18+,19+/m0/s1. The maximum Gasteiger partial charge on any atom is 0.510 e. The van der Waals surface area contributed by atoms with Crippen LogP contribution in [0.3, 0.4) is 0 Å². The van der Waals surface area contributed by atoms with E-state index in [4.69, 9.17) is 24.2 Å². The average Bonchev–Trinajstić information content (AvgIpc) is 3.17. The number of hydrogen-bond donors (Lipinski definition) is 0. The molecular formula is C23H39N5O7Si. The Morgan fingerprint density at radius 3 is 2.53 bits per heavy atom. The highest BCUT2D eigenvalue weighted by Crippen LogP contribution is 2.45. The van der Waals surface area contributed by atoms with Crippen LogP contribution in [0.2, 0.25) is 18.1 Å². The van der Waals surface area contributed by atoms with E-state index in [0.29, 0.717) is 5.92 Å². The van der Waals surface area contributed by atoms with E-state index >= 15 is 0 Å². The third-order valence-corrected chi connectivity index (χ3v) is 12.1. The molecule has 2 heterocycles. The Morgan fingerprint density at radius 2 is 1.97 bits per heavy atom. The Morgan fingerprint density at radius 1 is 1.33 bits per heavy atom. The van der Waals surface area contributed by atoms with Gasteiger partial charge in [-0.2, -0.15) is 0 Å². The van der Waals surface area contributed by atoms with Gasteiger partial charge in [0.15, 0.2) is 14.5 Å². The largest absolute Gasteiger partial charge is 0.510 e. The molecule has 0 bridgehead atoms. The minimum absolute atomic E-state index is 0.0163. The van der Waals surface area contributed by atoms with Gasteiger partial charge in [0.25, 0.3) is 5.56 Å². The van der Waals surface area contributed by atoms with Gasteiger partial charge < -0.3 is 18.6 Å². The van der Waals surface area contributed by atoms with Crippen LogP contribution >= 0.6 is 0 Å². The zero-order valence-electron chi connectivity index (χ0n) is 22.7. The zero-order valence-corrected chi connectivity index (χ0v) is 23.7. The van der Waals surface area contributed by atoms with Crippen molar-refractivity contribution in [2.75, 3.05) is 13.2 Å². The number of hydrogen-bond acceptors (Lipinski definition) is 8. The second-order valence-corrected chi connectivity index (χ2v) is 15.0. The van der Waals surface area contributed by atoms with Gasteiger partial charge in [-0.3, -0.25) is 9.36 Å². The molecule has 1 fully saturated rings. The second-order valence-electron chi connectivity index (χ2n) is 10.4. The first kappa shape index (κ1) is 29.6. The number of carbonyl (C=O) groups excluding carboxylic acids is 1. The lowest BCUT2D eigenvalue weighted by Crippen LogP contribution is -2.47. The smallest absolute Gasteiger partial charge is 0.435 e. The fraction of sp³-hybridized carbons (Fsp3) is 0.783. The molecule has 1 aromatic rings. The van der Waals surface area contributed by atoms with Gasteiger partial charge in [0.2, 0.25) is 0 Å². The molecule has 1 aliphatic rings. The van der Waals surface area contributed by atoms with Crippen LogP contribution in [0.15, 0.2) is 20.9 Å². The summed E-state index contributed by atoms with van der Waals surface area (Å²) in [6.45, 7) is 17.9. The van der Waals surface area contributed by atoms with Gasteiger partial charge in [-0.1, -0.05) is 32.8 Å². The summed E-state index contributed by atoms with van der Waals surface area (Å²) in [5.41, 5.74) is 8.05. The molecule has 13 heteroatoms. The van der Waals surface area contributed by atoms with Gasteiger partial charge in [0, 0.05) is 23.1 Å². The Hall–Kier alpha value is -2.60. The van der Waals surface area contributed by atoms with Crippen LogP contribution in [0.25, 0.3) is 10.4 Å². The summed E-state index contributed by atoms with van der Waals surface area (Å²) in [4.78, 5) is 40.7. The van der Waals surface area contributed by atoms with E-state index in [-0.39, 0.29) is 30.2 Å². The lowest BCUT2D eigenvalue weighted by molar-refractivity contribution is -0.0291. The minimum Gasteiger partial charge on any atom is -0.435 e. The molecule has 0 amide bonds. The molecule has 1 saturated heterocycles. The molecule has 202 valence electrons. The molecule has 0 saturated carbocycles. The number of nitrogens with zero attached hydrogens (tertiary/aromatic N) is 5. The topological polar surface area (TPSA) is 147 Å². The van der Waals surface area contributed by atoms with Crippen LogP contribution in [0.1, 0.15) is 66.0 Å². The molecule has 0 radical (unpaired) electrons. The fourth-order valence-electron chi connectivity index (χ4n) is 3.99. The summed E-state index contributed by atoms with van der Waals surface area (Å²) in [5.74, 6) is 0.408. The quantitative estimate of drug-likeness (QED) is 0.142. The molecule has 2 rings (SSSR count). The van der Waals surface area contributed by atoms with E-state index in [1.807, 2.05) is 0 Å². The van der Waals surface area contributed by atoms with Gasteiger partial charge in [0.05, 0.1) is 25.4 Å². The first-order valence-electron chi connectivity index (χ1n) is 12.2. The molecular weight excluding hydrogens is 486 g/mol. The average molecular weight is 526 g/mol. The van der Waals surface area contributed by atoms with Crippen LogP contribution in [0.4, 0.5) is 4.79 Å². The summed E-state index contributed by atoms with van der Waals surface area (Å²) in [7, 11) is -2.18. The van der Waals surface area contributed by atoms with E-state index in [2.05, 4.69) is 50.8 Å². The third-order valence-electron chi connectivity index (χ3n) is 7.53. The normalized spacial score (nSPS) is 21.2.